The summed E-state index contributed by atoms with van der Waals surface area (Å²) in [6.45, 7) is 2.48. The molecule has 0 aliphatic carbocycles. The Kier molecular flexibility index (Phi) is 6.58. The van der Waals surface area contributed by atoms with Crippen LogP contribution in [0.4, 0.5) is 4.39 Å². The summed E-state index contributed by atoms with van der Waals surface area (Å²) in [4.78, 5) is 31.6. The van der Waals surface area contributed by atoms with Crippen LogP contribution < -0.4 is 9.47 Å². The number of likely N-dealkylation sites (tertiary alicyclic amines) is 1. The van der Waals surface area contributed by atoms with E-state index in [0.717, 1.165) is 11.6 Å². The van der Waals surface area contributed by atoms with Gasteiger partial charge >= 0.3 is 0 Å². The molecule has 1 saturated heterocycles. The van der Waals surface area contributed by atoms with Crippen LogP contribution in [-0.4, -0.2) is 40.4 Å². The number of ether oxygens (including phenoxy) is 2. The van der Waals surface area contributed by atoms with Crippen LogP contribution in [0.25, 0.3) is 5.76 Å². The number of carbonyl (C=O) groups is 2. The van der Waals surface area contributed by atoms with Crippen LogP contribution in [0, 0.1) is 5.82 Å². The molecule has 0 bridgehead atoms. The van der Waals surface area contributed by atoms with Crippen molar-refractivity contribution >= 4 is 17.4 Å². The van der Waals surface area contributed by atoms with Crippen molar-refractivity contribution < 1.29 is 28.6 Å². The van der Waals surface area contributed by atoms with Crippen LogP contribution in [-0.2, 0) is 16.1 Å². The fourth-order valence-electron chi connectivity index (χ4n) is 3.96. The fourth-order valence-corrected chi connectivity index (χ4v) is 3.96. The van der Waals surface area contributed by atoms with Gasteiger partial charge in [-0.05, 0) is 60.5 Å². The lowest BCUT2D eigenvalue weighted by Gasteiger charge is -2.25. The summed E-state index contributed by atoms with van der Waals surface area (Å²) < 4.78 is 24.8. The van der Waals surface area contributed by atoms with Crippen molar-refractivity contribution in [2.24, 2.45) is 0 Å². The van der Waals surface area contributed by atoms with Crippen molar-refractivity contribution in [2.75, 3.05) is 13.7 Å². The maximum absolute atomic E-state index is 14.3. The molecule has 1 aromatic heterocycles. The van der Waals surface area contributed by atoms with E-state index in [1.165, 1.54) is 24.1 Å². The first-order valence-corrected chi connectivity index (χ1v) is 10.7. The number of carbonyl (C=O) groups excluding carboxylic acids is 2. The molecule has 2 aromatic carbocycles. The Morgan fingerprint density at radius 3 is 2.41 bits per heavy atom. The zero-order chi connectivity index (χ0) is 24.2. The zero-order valence-electron chi connectivity index (χ0n) is 18.7. The normalized spacial score (nSPS) is 17.1. The number of halogens is 1. The van der Waals surface area contributed by atoms with Crippen molar-refractivity contribution in [2.45, 2.75) is 19.5 Å². The first-order chi connectivity index (χ1) is 16.4. The van der Waals surface area contributed by atoms with Gasteiger partial charge in [0.05, 0.1) is 25.3 Å². The number of Topliss-reactive ketones (excluding diaryl/α,β-unsaturated/α-hetero) is 1. The molecule has 1 N–H and O–H groups in total. The topological polar surface area (TPSA) is 89.0 Å². The maximum atomic E-state index is 14.3. The Morgan fingerprint density at radius 1 is 1.09 bits per heavy atom. The number of ketones is 1. The summed E-state index contributed by atoms with van der Waals surface area (Å²) in [7, 11) is 1.33. The van der Waals surface area contributed by atoms with Crippen LogP contribution in [0.1, 0.15) is 29.7 Å². The minimum atomic E-state index is -0.881. The molecular formula is C26H23FN2O5. The van der Waals surface area contributed by atoms with Gasteiger partial charge < -0.3 is 19.5 Å². The Morgan fingerprint density at radius 2 is 1.79 bits per heavy atom. The molecule has 1 fully saturated rings. The quantitative estimate of drug-likeness (QED) is 0.321. The molecule has 1 amide bonds. The lowest BCUT2D eigenvalue weighted by atomic mass is 9.95. The van der Waals surface area contributed by atoms with E-state index in [2.05, 4.69) is 4.98 Å². The minimum Gasteiger partial charge on any atom is -0.507 e. The number of methoxy groups -OCH3 is 1. The third-order valence-corrected chi connectivity index (χ3v) is 5.57. The number of aromatic nitrogens is 1. The molecule has 1 atom stereocenters. The summed E-state index contributed by atoms with van der Waals surface area (Å²) in [5.74, 6) is -2.13. The predicted molar refractivity (Wildman–Crippen MR) is 123 cm³/mol. The number of aliphatic hydroxyl groups is 1. The van der Waals surface area contributed by atoms with Gasteiger partial charge in [-0.1, -0.05) is 12.1 Å². The number of amides is 1. The van der Waals surface area contributed by atoms with Gasteiger partial charge in [0.1, 0.15) is 11.5 Å². The van der Waals surface area contributed by atoms with Crippen LogP contribution >= 0.6 is 0 Å². The van der Waals surface area contributed by atoms with Gasteiger partial charge in [0, 0.05) is 24.5 Å². The highest BCUT2D eigenvalue weighted by Gasteiger charge is 2.46. The molecule has 0 saturated carbocycles. The molecule has 1 aliphatic rings. The van der Waals surface area contributed by atoms with Crippen molar-refractivity contribution in [1.29, 1.82) is 0 Å². The van der Waals surface area contributed by atoms with E-state index in [1.54, 1.807) is 48.8 Å². The van der Waals surface area contributed by atoms with Crippen molar-refractivity contribution in [3.8, 4) is 11.5 Å². The molecule has 4 rings (SSSR count). The second-order valence-corrected chi connectivity index (χ2v) is 7.63. The molecule has 3 aromatic rings. The highest BCUT2D eigenvalue weighted by Crippen LogP contribution is 2.41. The monoisotopic (exact) mass is 462 g/mol. The van der Waals surface area contributed by atoms with E-state index in [9.17, 15) is 19.1 Å². The third-order valence-electron chi connectivity index (χ3n) is 5.57. The first kappa shape index (κ1) is 23.0. The van der Waals surface area contributed by atoms with Crippen LogP contribution in [0.5, 0.6) is 11.5 Å². The van der Waals surface area contributed by atoms with Gasteiger partial charge in [0.2, 0.25) is 0 Å². The van der Waals surface area contributed by atoms with E-state index in [0.29, 0.717) is 17.9 Å². The molecule has 0 radical (unpaired) electrons. The number of nitrogens with zero attached hydrogens (tertiary/aromatic N) is 2. The van der Waals surface area contributed by atoms with Gasteiger partial charge in [0.25, 0.3) is 11.7 Å². The Labute approximate surface area is 196 Å². The minimum absolute atomic E-state index is 0.00208. The maximum Gasteiger partial charge on any atom is 0.295 e. The van der Waals surface area contributed by atoms with Gasteiger partial charge in [0.15, 0.2) is 11.6 Å². The SMILES string of the molecule is CCOc1ccc(C2/C(=C(/O)c3ccc(OC)c(F)c3)C(=O)C(=O)N2Cc2ccncc2)cc1. The lowest BCUT2D eigenvalue weighted by Crippen LogP contribution is -2.29. The Balaban J connectivity index is 1.84. The van der Waals surface area contributed by atoms with Gasteiger partial charge in [-0.2, -0.15) is 0 Å². The number of aliphatic hydroxyl groups excluding tert-OH is 1. The average molecular weight is 462 g/mol. The first-order valence-electron chi connectivity index (χ1n) is 10.7. The van der Waals surface area contributed by atoms with E-state index in [-0.39, 0.29) is 23.4 Å². The number of hydrogen-bond acceptors (Lipinski definition) is 6. The highest BCUT2D eigenvalue weighted by molar-refractivity contribution is 6.46. The molecule has 0 spiro atoms. The number of hydrogen-bond donors (Lipinski definition) is 1. The molecule has 1 unspecified atom stereocenters. The van der Waals surface area contributed by atoms with E-state index >= 15 is 0 Å². The van der Waals surface area contributed by atoms with Crippen LogP contribution in [0.15, 0.2) is 72.6 Å². The largest absolute Gasteiger partial charge is 0.507 e. The third kappa shape index (κ3) is 4.34. The number of rotatable bonds is 7. The standard InChI is InChI=1S/C26H23FN2O5/c1-3-34-19-7-4-17(5-8-19)23-22(24(30)18-6-9-21(33-2)20(27)14-18)25(31)26(32)29(23)15-16-10-12-28-13-11-16/h4-14,23,30H,3,15H2,1-2H3/b24-22-. The van der Waals surface area contributed by atoms with E-state index in [4.69, 9.17) is 9.47 Å². The van der Waals surface area contributed by atoms with Crippen molar-refractivity contribution in [1.82, 2.24) is 9.88 Å². The Hall–Kier alpha value is -4.20. The molecule has 2 heterocycles. The molecule has 34 heavy (non-hydrogen) atoms. The Bertz CT molecular complexity index is 1240. The van der Waals surface area contributed by atoms with Crippen LogP contribution in [0.3, 0.4) is 0 Å². The molecule has 1 aliphatic heterocycles. The fraction of sp³-hybridized carbons (Fsp3) is 0.192. The van der Waals surface area contributed by atoms with E-state index in [1.807, 2.05) is 6.92 Å². The molecule has 7 nitrogen and oxygen atoms in total. The molecular weight excluding hydrogens is 439 g/mol. The van der Waals surface area contributed by atoms with Crippen molar-refractivity contribution in [3.63, 3.8) is 0 Å². The summed E-state index contributed by atoms with van der Waals surface area (Å²) in [5, 5.41) is 11.1. The smallest absolute Gasteiger partial charge is 0.295 e. The lowest BCUT2D eigenvalue weighted by molar-refractivity contribution is -0.140. The molecule has 174 valence electrons. The summed E-state index contributed by atoms with van der Waals surface area (Å²) in [6, 6.07) is 13.4. The number of benzene rings is 2. The second kappa shape index (κ2) is 9.74. The highest BCUT2D eigenvalue weighted by atomic mass is 19.1. The number of pyridine rings is 1. The predicted octanol–water partition coefficient (Wildman–Crippen LogP) is 4.25. The average Bonchev–Trinajstić information content (AvgIpc) is 3.10. The van der Waals surface area contributed by atoms with Crippen molar-refractivity contribution in [3.05, 3.63) is 95.1 Å². The van der Waals surface area contributed by atoms with Gasteiger partial charge in [-0.15, -0.1) is 0 Å². The van der Waals surface area contributed by atoms with Gasteiger partial charge in [-0.25, -0.2) is 4.39 Å². The summed E-state index contributed by atoms with van der Waals surface area (Å²) >= 11 is 0. The molecule has 8 heteroatoms. The van der Waals surface area contributed by atoms with E-state index < -0.39 is 29.3 Å². The zero-order valence-corrected chi connectivity index (χ0v) is 18.7. The summed E-state index contributed by atoms with van der Waals surface area (Å²) in [5.41, 5.74) is 1.32. The van der Waals surface area contributed by atoms with Gasteiger partial charge in [-0.3, -0.25) is 14.6 Å². The summed E-state index contributed by atoms with van der Waals surface area (Å²) in [6.07, 6.45) is 3.19. The van der Waals surface area contributed by atoms with Crippen LogP contribution in [0.2, 0.25) is 0 Å². The second-order valence-electron chi connectivity index (χ2n) is 7.63.